The van der Waals surface area contributed by atoms with Crippen LogP contribution in [0.25, 0.3) is 0 Å². The summed E-state index contributed by atoms with van der Waals surface area (Å²) in [4.78, 5) is 28.3. The smallest absolute Gasteiger partial charge is 0.234 e. The number of piperazine rings is 1. The third-order valence-electron chi connectivity index (χ3n) is 5.83. The van der Waals surface area contributed by atoms with E-state index in [9.17, 15) is 9.59 Å². The van der Waals surface area contributed by atoms with Gasteiger partial charge in [-0.1, -0.05) is 17.4 Å². The van der Waals surface area contributed by atoms with Crippen molar-refractivity contribution in [2.45, 2.75) is 44.7 Å². The molecule has 3 aliphatic rings. The zero-order valence-electron chi connectivity index (χ0n) is 15.7. The highest BCUT2D eigenvalue weighted by Gasteiger charge is 2.29. The van der Waals surface area contributed by atoms with E-state index < -0.39 is 0 Å². The number of rotatable bonds is 4. The van der Waals surface area contributed by atoms with Crippen molar-refractivity contribution in [3.05, 3.63) is 24.0 Å². The van der Waals surface area contributed by atoms with Gasteiger partial charge in [-0.05, 0) is 32.1 Å². The number of amides is 2. The van der Waals surface area contributed by atoms with E-state index in [0.29, 0.717) is 31.6 Å². The molecule has 146 valence electrons. The van der Waals surface area contributed by atoms with Gasteiger partial charge in [-0.15, -0.1) is 5.10 Å². The Labute approximate surface area is 159 Å². The fourth-order valence-corrected chi connectivity index (χ4v) is 4.25. The topological polar surface area (TPSA) is 83.4 Å². The van der Waals surface area contributed by atoms with Crippen molar-refractivity contribution >= 4 is 11.8 Å². The van der Waals surface area contributed by atoms with Crippen molar-refractivity contribution in [1.29, 1.82) is 0 Å². The second-order valence-electron chi connectivity index (χ2n) is 7.79. The van der Waals surface area contributed by atoms with Crippen molar-refractivity contribution in [3.63, 3.8) is 0 Å². The molecule has 0 radical (unpaired) electrons. The Morgan fingerprint density at radius 3 is 2.78 bits per heavy atom. The van der Waals surface area contributed by atoms with Gasteiger partial charge in [-0.2, -0.15) is 0 Å². The predicted octanol–water partition coefficient (Wildman–Crippen LogP) is 0.730. The zero-order chi connectivity index (χ0) is 18.6. The molecule has 1 aliphatic carbocycles. The van der Waals surface area contributed by atoms with E-state index in [1.54, 1.807) is 0 Å². The number of carbonyl (C=O) groups excluding carboxylic acids is 2. The minimum atomic E-state index is 0.0686. The molecule has 0 spiro atoms. The van der Waals surface area contributed by atoms with Gasteiger partial charge in [0.1, 0.15) is 0 Å². The maximum atomic E-state index is 12.7. The summed E-state index contributed by atoms with van der Waals surface area (Å²) in [6, 6.07) is 0.297. The van der Waals surface area contributed by atoms with Crippen molar-refractivity contribution in [3.8, 4) is 0 Å². The van der Waals surface area contributed by atoms with E-state index in [-0.39, 0.29) is 11.8 Å². The van der Waals surface area contributed by atoms with E-state index in [0.717, 1.165) is 57.4 Å². The molecular weight excluding hydrogens is 344 g/mol. The van der Waals surface area contributed by atoms with Gasteiger partial charge in [0.2, 0.25) is 11.8 Å². The Hall–Kier alpha value is -2.22. The molecule has 4 rings (SSSR count). The minimum Gasteiger partial charge on any atom is -0.354 e. The average molecular weight is 372 g/mol. The molecule has 2 fully saturated rings. The highest BCUT2D eigenvalue weighted by Crippen LogP contribution is 2.26. The number of piperidine rings is 1. The number of hydrogen-bond donors (Lipinski definition) is 1. The first-order chi connectivity index (χ1) is 13.2. The Balaban J connectivity index is 1.28. The summed E-state index contributed by atoms with van der Waals surface area (Å²) < 4.78 is 1.95. The molecule has 1 aromatic heterocycles. The van der Waals surface area contributed by atoms with Gasteiger partial charge in [0, 0.05) is 38.6 Å². The van der Waals surface area contributed by atoms with Crippen LogP contribution in [0.4, 0.5) is 0 Å². The first kappa shape index (κ1) is 18.2. The maximum absolute atomic E-state index is 12.7. The summed E-state index contributed by atoms with van der Waals surface area (Å²) >= 11 is 0. The molecule has 8 nitrogen and oxygen atoms in total. The lowest BCUT2D eigenvalue weighted by Crippen LogP contribution is -2.47. The monoisotopic (exact) mass is 372 g/mol. The minimum absolute atomic E-state index is 0.0686. The molecule has 1 aromatic rings. The van der Waals surface area contributed by atoms with Crippen LogP contribution < -0.4 is 5.32 Å². The molecule has 3 heterocycles. The fourth-order valence-electron chi connectivity index (χ4n) is 4.25. The summed E-state index contributed by atoms with van der Waals surface area (Å²) in [5, 5.41) is 11.4. The van der Waals surface area contributed by atoms with Crippen LogP contribution in [-0.2, 0) is 16.1 Å². The summed E-state index contributed by atoms with van der Waals surface area (Å²) in [7, 11) is 0. The zero-order valence-corrected chi connectivity index (χ0v) is 15.7. The number of aromatic nitrogens is 3. The van der Waals surface area contributed by atoms with Crippen molar-refractivity contribution in [2.75, 3.05) is 32.7 Å². The normalized spacial score (nSPS) is 24.8. The fraction of sp³-hybridized carbons (Fsp3) is 0.684. The van der Waals surface area contributed by atoms with E-state index in [1.165, 1.54) is 0 Å². The molecule has 2 aliphatic heterocycles. The van der Waals surface area contributed by atoms with Crippen LogP contribution in [0, 0.1) is 5.92 Å². The number of allylic oxidation sites excluding steroid dienone is 2. The molecule has 0 aromatic carbocycles. The third kappa shape index (κ3) is 4.37. The highest BCUT2D eigenvalue weighted by atomic mass is 16.2. The van der Waals surface area contributed by atoms with Crippen LogP contribution in [0.2, 0.25) is 0 Å². The van der Waals surface area contributed by atoms with Crippen molar-refractivity contribution in [2.24, 2.45) is 5.92 Å². The molecule has 0 saturated carbocycles. The molecule has 1 N–H and O–H groups in total. The van der Waals surface area contributed by atoms with E-state index in [2.05, 4.69) is 32.7 Å². The molecule has 1 atom stereocenters. The molecule has 8 heteroatoms. The van der Waals surface area contributed by atoms with E-state index >= 15 is 0 Å². The SMILES string of the molecule is O=C1CN(Cc2cn(C3CCN(C(=O)[C@@H]4CC=CCC4)CC3)nn2)CCN1. The lowest BCUT2D eigenvalue weighted by Gasteiger charge is -2.34. The van der Waals surface area contributed by atoms with Gasteiger partial charge >= 0.3 is 0 Å². The Bertz CT molecular complexity index is 707. The second-order valence-corrected chi connectivity index (χ2v) is 7.79. The Morgan fingerprint density at radius 1 is 1.19 bits per heavy atom. The Morgan fingerprint density at radius 2 is 2.04 bits per heavy atom. The number of nitrogens with one attached hydrogen (secondary N) is 1. The average Bonchev–Trinajstić information content (AvgIpc) is 3.17. The lowest BCUT2D eigenvalue weighted by atomic mass is 9.92. The van der Waals surface area contributed by atoms with Crippen LogP contribution in [0.15, 0.2) is 18.3 Å². The molecule has 2 amide bonds. The highest BCUT2D eigenvalue weighted by molar-refractivity contribution is 5.79. The van der Waals surface area contributed by atoms with Crippen LogP contribution in [0.5, 0.6) is 0 Å². The molecule has 2 saturated heterocycles. The van der Waals surface area contributed by atoms with Crippen molar-refractivity contribution < 1.29 is 9.59 Å². The third-order valence-corrected chi connectivity index (χ3v) is 5.83. The standard InChI is InChI=1S/C19H28N6O2/c26-18-14-23(11-8-20-18)12-16-13-25(22-21-16)17-6-9-24(10-7-17)19(27)15-4-2-1-3-5-15/h1-2,13,15,17H,3-12,14H2,(H,20,26)/t15-/m1/s1. The number of nitrogens with zero attached hydrogens (tertiary/aromatic N) is 5. The van der Waals surface area contributed by atoms with Crippen molar-refractivity contribution in [1.82, 2.24) is 30.1 Å². The molecule has 27 heavy (non-hydrogen) atoms. The number of carbonyl (C=O) groups is 2. The van der Waals surface area contributed by atoms with Gasteiger partial charge in [-0.25, -0.2) is 4.68 Å². The quantitative estimate of drug-likeness (QED) is 0.788. The first-order valence-corrected chi connectivity index (χ1v) is 10.0. The molecule has 0 bridgehead atoms. The molecular formula is C19H28N6O2. The number of likely N-dealkylation sites (tertiary alicyclic amines) is 1. The van der Waals surface area contributed by atoms with E-state index in [1.807, 2.05) is 15.8 Å². The van der Waals surface area contributed by atoms with Gasteiger partial charge in [-0.3, -0.25) is 14.5 Å². The number of hydrogen-bond acceptors (Lipinski definition) is 5. The largest absolute Gasteiger partial charge is 0.354 e. The van der Waals surface area contributed by atoms with Crippen LogP contribution >= 0.6 is 0 Å². The van der Waals surface area contributed by atoms with Crippen LogP contribution in [-0.4, -0.2) is 69.3 Å². The summed E-state index contributed by atoms with van der Waals surface area (Å²) in [5.41, 5.74) is 0.900. The summed E-state index contributed by atoms with van der Waals surface area (Å²) in [6.07, 6.45) is 11.0. The summed E-state index contributed by atoms with van der Waals surface area (Å²) in [5.74, 6) is 0.561. The lowest BCUT2D eigenvalue weighted by molar-refractivity contribution is -0.137. The molecule has 0 unspecified atom stereocenters. The van der Waals surface area contributed by atoms with Gasteiger partial charge in [0.05, 0.1) is 24.5 Å². The Kier molecular flexibility index (Phi) is 5.52. The maximum Gasteiger partial charge on any atom is 0.234 e. The van der Waals surface area contributed by atoms with Gasteiger partial charge in [0.25, 0.3) is 0 Å². The predicted molar refractivity (Wildman–Crippen MR) is 99.6 cm³/mol. The second kappa shape index (κ2) is 8.21. The first-order valence-electron chi connectivity index (χ1n) is 10.0. The summed E-state index contributed by atoms with van der Waals surface area (Å²) in [6.45, 7) is 4.20. The van der Waals surface area contributed by atoms with E-state index in [4.69, 9.17) is 0 Å². The van der Waals surface area contributed by atoms with Crippen LogP contribution in [0.3, 0.4) is 0 Å². The van der Waals surface area contributed by atoms with Gasteiger partial charge in [0.15, 0.2) is 0 Å². The van der Waals surface area contributed by atoms with Crippen LogP contribution in [0.1, 0.15) is 43.8 Å². The van der Waals surface area contributed by atoms with Gasteiger partial charge < -0.3 is 10.2 Å².